The van der Waals surface area contributed by atoms with Gasteiger partial charge in [-0.05, 0) is 36.5 Å². The summed E-state index contributed by atoms with van der Waals surface area (Å²) in [7, 11) is 1.54. The van der Waals surface area contributed by atoms with Gasteiger partial charge in [-0.1, -0.05) is 0 Å². The highest BCUT2D eigenvalue weighted by molar-refractivity contribution is 7.80. The molecular weight excluding hydrogens is 254 g/mol. The van der Waals surface area contributed by atoms with Crippen LogP contribution in [-0.4, -0.2) is 24.1 Å². The van der Waals surface area contributed by atoms with Crippen molar-refractivity contribution in [1.29, 1.82) is 0 Å². The van der Waals surface area contributed by atoms with E-state index in [2.05, 4.69) is 15.8 Å². The summed E-state index contributed by atoms with van der Waals surface area (Å²) in [5.74, 6) is 0.102. The van der Waals surface area contributed by atoms with Crippen LogP contribution in [0.3, 0.4) is 0 Å². The van der Waals surface area contributed by atoms with Crippen LogP contribution in [0.1, 0.15) is 10.4 Å². The lowest BCUT2D eigenvalue weighted by atomic mass is 10.2. The van der Waals surface area contributed by atoms with Gasteiger partial charge in [-0.15, -0.1) is 5.10 Å². The Hall–Kier alpha value is -2.35. The Labute approximate surface area is 109 Å². The minimum absolute atomic E-state index is 0.00391. The van der Waals surface area contributed by atoms with Crippen LogP contribution in [0.2, 0.25) is 0 Å². The number of hydrogen-bond donors (Lipinski definition) is 4. The van der Waals surface area contributed by atoms with Crippen LogP contribution in [0.5, 0.6) is 5.75 Å². The molecule has 6 N–H and O–H groups in total. The third kappa shape index (κ3) is 4.26. The van der Waals surface area contributed by atoms with Crippen molar-refractivity contribution in [2.24, 2.45) is 16.6 Å². The Morgan fingerprint density at radius 2 is 1.94 bits per heavy atom. The van der Waals surface area contributed by atoms with Gasteiger partial charge in [-0.3, -0.25) is 10.1 Å². The van der Waals surface area contributed by atoms with E-state index in [1.807, 2.05) is 0 Å². The van der Waals surface area contributed by atoms with Crippen LogP contribution in [0.15, 0.2) is 29.4 Å². The summed E-state index contributed by atoms with van der Waals surface area (Å²) in [5, 5.41) is 5.86. The molecule has 1 aromatic carbocycles. The first-order valence-corrected chi connectivity index (χ1v) is 5.27. The molecule has 7 nitrogen and oxygen atoms in total. The number of guanidine groups is 1. The maximum Gasteiger partial charge on any atom is 0.257 e. The number of nitrogens with two attached hydrogens (primary N) is 2. The fourth-order valence-corrected chi connectivity index (χ4v) is 1.20. The van der Waals surface area contributed by atoms with Crippen molar-refractivity contribution >= 4 is 29.2 Å². The van der Waals surface area contributed by atoms with E-state index in [0.717, 1.165) is 0 Å². The highest BCUT2D eigenvalue weighted by Gasteiger charge is 2.07. The average molecular weight is 267 g/mol. The van der Waals surface area contributed by atoms with Crippen LogP contribution in [0, 0.1) is 0 Å². The molecule has 0 saturated heterocycles. The highest BCUT2D eigenvalue weighted by atomic mass is 32.1. The molecule has 0 aliphatic rings. The largest absolute Gasteiger partial charge is 0.497 e. The third-order valence-electron chi connectivity index (χ3n) is 1.87. The van der Waals surface area contributed by atoms with Gasteiger partial charge in [0.25, 0.3) is 5.91 Å². The Bertz CT molecular complexity index is 468. The van der Waals surface area contributed by atoms with E-state index in [0.29, 0.717) is 11.3 Å². The summed E-state index contributed by atoms with van der Waals surface area (Å²) in [4.78, 5) is 11.7. The molecule has 0 fully saturated rings. The molecule has 0 aromatic heterocycles. The standard InChI is InChI=1S/C10H13N5O2S/c1-17-7-4-2-6(3-5-7)8(16)13-10(18)15-14-9(11)12/h2-5H,1H3,(H4,11,12,14)(H2,13,15,16,18). The Balaban J connectivity index is 2.59. The van der Waals surface area contributed by atoms with Crippen LogP contribution < -0.4 is 26.9 Å². The summed E-state index contributed by atoms with van der Waals surface area (Å²) in [6.07, 6.45) is 0. The Morgan fingerprint density at radius 1 is 1.33 bits per heavy atom. The van der Waals surface area contributed by atoms with E-state index in [9.17, 15) is 4.79 Å². The first-order valence-electron chi connectivity index (χ1n) is 4.87. The average Bonchev–Trinajstić information content (AvgIpc) is 2.36. The number of nitrogens with zero attached hydrogens (tertiary/aromatic N) is 1. The second-order valence-electron chi connectivity index (χ2n) is 3.16. The van der Waals surface area contributed by atoms with Gasteiger partial charge < -0.3 is 16.2 Å². The van der Waals surface area contributed by atoms with Gasteiger partial charge in [0.2, 0.25) is 5.96 Å². The predicted octanol–water partition coefficient (Wildman–Crippen LogP) is -0.512. The lowest BCUT2D eigenvalue weighted by Crippen LogP contribution is -2.38. The summed E-state index contributed by atoms with van der Waals surface area (Å²) in [6, 6.07) is 6.55. The molecule has 0 spiro atoms. The van der Waals surface area contributed by atoms with Crippen molar-refractivity contribution in [3.8, 4) is 5.75 Å². The number of benzene rings is 1. The minimum Gasteiger partial charge on any atom is -0.497 e. The number of thiocarbonyl (C=S) groups is 1. The highest BCUT2D eigenvalue weighted by Crippen LogP contribution is 2.10. The maximum atomic E-state index is 11.7. The van der Waals surface area contributed by atoms with Crippen LogP contribution in [0.4, 0.5) is 0 Å². The minimum atomic E-state index is -0.374. The van der Waals surface area contributed by atoms with Gasteiger partial charge in [0.15, 0.2) is 5.11 Å². The van der Waals surface area contributed by atoms with Crippen LogP contribution >= 0.6 is 12.2 Å². The summed E-state index contributed by atoms with van der Waals surface area (Å²) >= 11 is 4.81. The molecule has 1 aromatic rings. The number of ether oxygens (including phenoxy) is 1. The number of methoxy groups -OCH3 is 1. The van der Waals surface area contributed by atoms with Crippen molar-refractivity contribution < 1.29 is 9.53 Å². The molecule has 0 heterocycles. The van der Waals surface area contributed by atoms with E-state index in [1.54, 1.807) is 31.4 Å². The van der Waals surface area contributed by atoms with E-state index in [-0.39, 0.29) is 17.0 Å². The summed E-state index contributed by atoms with van der Waals surface area (Å²) in [5.41, 5.74) is 12.9. The number of nitrogens with one attached hydrogen (secondary N) is 2. The van der Waals surface area contributed by atoms with E-state index in [1.165, 1.54) is 0 Å². The van der Waals surface area contributed by atoms with Crippen LogP contribution in [0.25, 0.3) is 0 Å². The zero-order chi connectivity index (χ0) is 13.5. The molecule has 0 unspecified atom stereocenters. The zero-order valence-corrected chi connectivity index (χ0v) is 10.5. The Morgan fingerprint density at radius 3 is 2.44 bits per heavy atom. The van der Waals surface area contributed by atoms with Gasteiger partial charge in [0.05, 0.1) is 7.11 Å². The maximum absolute atomic E-state index is 11.7. The summed E-state index contributed by atoms with van der Waals surface area (Å²) < 4.78 is 4.98. The second-order valence-corrected chi connectivity index (χ2v) is 3.57. The topological polar surface area (TPSA) is 115 Å². The molecule has 0 aliphatic carbocycles. The fourth-order valence-electron chi connectivity index (χ4n) is 1.06. The first kappa shape index (κ1) is 13.7. The quantitative estimate of drug-likeness (QED) is 0.254. The SMILES string of the molecule is COc1ccc(C(=O)NC(=S)NN=C(N)N)cc1. The lowest BCUT2D eigenvalue weighted by Gasteiger charge is -2.06. The van der Waals surface area contributed by atoms with E-state index >= 15 is 0 Å². The van der Waals surface area contributed by atoms with Crippen molar-refractivity contribution in [3.63, 3.8) is 0 Å². The molecule has 0 radical (unpaired) electrons. The van der Waals surface area contributed by atoms with Crippen molar-refractivity contribution in [1.82, 2.24) is 10.7 Å². The first-order chi connectivity index (χ1) is 8.52. The number of carbonyl (C=O) groups excluding carboxylic acids is 1. The molecule has 0 atom stereocenters. The number of hydrazone groups is 1. The molecule has 0 bridgehead atoms. The molecule has 1 amide bonds. The number of rotatable bonds is 3. The molecule has 8 heteroatoms. The smallest absolute Gasteiger partial charge is 0.257 e. The normalized spacial score (nSPS) is 9.17. The number of hydrogen-bond acceptors (Lipinski definition) is 4. The molecule has 1 rings (SSSR count). The van der Waals surface area contributed by atoms with E-state index < -0.39 is 0 Å². The van der Waals surface area contributed by atoms with Gasteiger partial charge >= 0.3 is 0 Å². The predicted molar refractivity (Wildman–Crippen MR) is 72.0 cm³/mol. The molecular formula is C10H13N5O2S. The Kier molecular flexibility index (Phi) is 4.88. The van der Waals surface area contributed by atoms with Crippen molar-refractivity contribution in [2.45, 2.75) is 0 Å². The van der Waals surface area contributed by atoms with Crippen LogP contribution in [-0.2, 0) is 0 Å². The van der Waals surface area contributed by atoms with Gasteiger partial charge in [0, 0.05) is 5.56 Å². The monoisotopic (exact) mass is 267 g/mol. The number of carbonyl (C=O) groups is 1. The van der Waals surface area contributed by atoms with Gasteiger partial charge in [-0.2, -0.15) is 0 Å². The number of amides is 1. The molecule has 0 aliphatic heterocycles. The van der Waals surface area contributed by atoms with Gasteiger partial charge in [0.1, 0.15) is 5.75 Å². The second kappa shape index (κ2) is 6.40. The lowest BCUT2D eigenvalue weighted by molar-refractivity contribution is 0.0976. The zero-order valence-electron chi connectivity index (χ0n) is 9.64. The van der Waals surface area contributed by atoms with Gasteiger partial charge in [-0.25, -0.2) is 5.43 Å². The summed E-state index contributed by atoms with van der Waals surface area (Å²) in [6.45, 7) is 0. The fraction of sp³-hybridized carbons (Fsp3) is 0.100. The molecule has 18 heavy (non-hydrogen) atoms. The van der Waals surface area contributed by atoms with Crippen molar-refractivity contribution in [3.05, 3.63) is 29.8 Å². The van der Waals surface area contributed by atoms with E-state index in [4.69, 9.17) is 28.4 Å². The van der Waals surface area contributed by atoms with Crippen molar-refractivity contribution in [2.75, 3.05) is 7.11 Å². The molecule has 96 valence electrons. The molecule has 0 saturated carbocycles. The third-order valence-corrected chi connectivity index (χ3v) is 2.06.